The van der Waals surface area contributed by atoms with Crippen LogP contribution in [0.25, 0.3) is 0 Å². The minimum Gasteiger partial charge on any atom is -0.356 e. The fourth-order valence-electron chi connectivity index (χ4n) is 2.75. The molecule has 0 aromatic carbocycles. The van der Waals surface area contributed by atoms with Crippen LogP contribution in [0.3, 0.4) is 0 Å². The Kier molecular flexibility index (Phi) is 3.39. The Labute approximate surface area is 90.6 Å². The summed E-state index contributed by atoms with van der Waals surface area (Å²) in [5.41, 5.74) is 0. The number of hydrogen-bond acceptors (Lipinski definition) is 2. The van der Waals surface area contributed by atoms with Crippen LogP contribution in [-0.4, -0.2) is 18.2 Å². The first-order chi connectivity index (χ1) is 7.27. The molecule has 1 heterocycles. The summed E-state index contributed by atoms with van der Waals surface area (Å²) in [5.74, 6) is 0.691. The molecule has 0 radical (unpaired) electrons. The summed E-state index contributed by atoms with van der Waals surface area (Å²) < 4.78 is 0. The lowest BCUT2D eigenvalue weighted by Gasteiger charge is -2.27. The highest BCUT2D eigenvalue weighted by atomic mass is 16.2. The summed E-state index contributed by atoms with van der Waals surface area (Å²) >= 11 is 0. The number of hydrogen-bond donors (Lipinski definition) is 1. The minimum absolute atomic E-state index is 0.0156. The van der Waals surface area contributed by atoms with E-state index in [1.165, 1.54) is 19.3 Å². The summed E-state index contributed by atoms with van der Waals surface area (Å²) in [5, 5.41) is 2.78. The van der Waals surface area contributed by atoms with E-state index in [1.54, 1.807) is 0 Å². The molecule has 2 aliphatic rings. The van der Waals surface area contributed by atoms with Crippen molar-refractivity contribution < 1.29 is 9.59 Å². The number of carbonyl (C=O) groups excluding carboxylic acids is 2. The second-order valence-electron chi connectivity index (χ2n) is 4.78. The van der Waals surface area contributed by atoms with Crippen molar-refractivity contribution in [1.82, 2.24) is 5.32 Å². The molecule has 1 N–H and O–H groups in total. The monoisotopic (exact) mass is 209 g/mol. The first-order valence-corrected chi connectivity index (χ1v) is 6.08. The van der Waals surface area contributed by atoms with Gasteiger partial charge in [0.25, 0.3) is 0 Å². The van der Waals surface area contributed by atoms with Crippen LogP contribution < -0.4 is 5.32 Å². The van der Waals surface area contributed by atoms with Gasteiger partial charge in [-0.05, 0) is 19.3 Å². The number of piperidine rings is 1. The zero-order valence-electron chi connectivity index (χ0n) is 9.13. The standard InChI is InChI=1S/C12H19NO2/c14-11-8-10(6-7-13-11)12(15)9-4-2-1-3-5-9/h9-10H,1-8H2,(H,13,14). The molecule has 1 aliphatic carbocycles. The van der Waals surface area contributed by atoms with Crippen LogP contribution in [0, 0.1) is 11.8 Å². The molecular formula is C12H19NO2. The van der Waals surface area contributed by atoms with E-state index >= 15 is 0 Å². The number of carbonyl (C=O) groups is 2. The molecule has 1 unspecified atom stereocenters. The predicted molar refractivity (Wildman–Crippen MR) is 57.3 cm³/mol. The Balaban J connectivity index is 1.90. The topological polar surface area (TPSA) is 46.2 Å². The Hall–Kier alpha value is -0.860. The van der Waals surface area contributed by atoms with Crippen LogP contribution in [0.15, 0.2) is 0 Å². The summed E-state index contributed by atoms with van der Waals surface area (Å²) in [7, 11) is 0. The maximum Gasteiger partial charge on any atom is 0.220 e. The van der Waals surface area contributed by atoms with Crippen LogP contribution in [0.5, 0.6) is 0 Å². The highest BCUT2D eigenvalue weighted by Crippen LogP contribution is 2.29. The van der Waals surface area contributed by atoms with Crippen LogP contribution in [0.4, 0.5) is 0 Å². The molecule has 2 rings (SSSR count). The van der Waals surface area contributed by atoms with Crippen LogP contribution in [-0.2, 0) is 9.59 Å². The molecule has 0 bridgehead atoms. The van der Waals surface area contributed by atoms with E-state index in [4.69, 9.17) is 0 Å². The third-order valence-electron chi connectivity index (χ3n) is 3.66. The quantitative estimate of drug-likeness (QED) is 0.751. The van der Waals surface area contributed by atoms with Crippen LogP contribution in [0.1, 0.15) is 44.9 Å². The largest absolute Gasteiger partial charge is 0.356 e. The number of rotatable bonds is 2. The van der Waals surface area contributed by atoms with Gasteiger partial charge in [-0.15, -0.1) is 0 Å². The van der Waals surface area contributed by atoms with Gasteiger partial charge in [0.1, 0.15) is 5.78 Å². The normalized spacial score (nSPS) is 28.5. The smallest absolute Gasteiger partial charge is 0.220 e. The Morgan fingerprint density at radius 2 is 1.80 bits per heavy atom. The van der Waals surface area contributed by atoms with E-state index in [1.807, 2.05) is 0 Å². The molecule has 0 spiro atoms. The van der Waals surface area contributed by atoms with Crippen molar-refractivity contribution in [2.24, 2.45) is 11.8 Å². The van der Waals surface area contributed by atoms with E-state index in [2.05, 4.69) is 5.32 Å². The maximum absolute atomic E-state index is 12.1. The molecule has 15 heavy (non-hydrogen) atoms. The molecule has 1 aliphatic heterocycles. The summed E-state index contributed by atoms with van der Waals surface area (Å²) in [6.07, 6.45) is 7.03. The first kappa shape index (κ1) is 10.7. The van der Waals surface area contributed by atoms with Gasteiger partial charge in [-0.2, -0.15) is 0 Å². The number of ketones is 1. The third-order valence-corrected chi connectivity index (χ3v) is 3.66. The molecule has 0 aromatic heterocycles. The predicted octanol–water partition coefficient (Wildman–Crippen LogP) is 1.66. The van der Waals surface area contributed by atoms with Crippen molar-refractivity contribution in [1.29, 1.82) is 0 Å². The van der Waals surface area contributed by atoms with Crippen LogP contribution in [0.2, 0.25) is 0 Å². The first-order valence-electron chi connectivity index (χ1n) is 6.08. The van der Waals surface area contributed by atoms with Gasteiger partial charge in [0, 0.05) is 24.8 Å². The van der Waals surface area contributed by atoms with Crippen LogP contribution >= 0.6 is 0 Å². The second-order valence-corrected chi connectivity index (χ2v) is 4.78. The van der Waals surface area contributed by atoms with Gasteiger partial charge in [-0.25, -0.2) is 0 Å². The fraction of sp³-hybridized carbons (Fsp3) is 0.833. The molecule has 1 saturated carbocycles. The molecular weight excluding hydrogens is 190 g/mol. The summed E-state index contributed by atoms with van der Waals surface area (Å²) in [6.45, 7) is 0.682. The number of nitrogens with one attached hydrogen (secondary N) is 1. The molecule has 1 atom stereocenters. The molecule has 3 nitrogen and oxygen atoms in total. The lowest BCUT2D eigenvalue weighted by molar-refractivity contribution is -0.134. The highest BCUT2D eigenvalue weighted by molar-refractivity contribution is 5.89. The van der Waals surface area contributed by atoms with E-state index in [-0.39, 0.29) is 17.7 Å². The van der Waals surface area contributed by atoms with Gasteiger partial charge in [0.2, 0.25) is 5.91 Å². The molecule has 84 valence electrons. The molecule has 0 aromatic rings. The summed E-state index contributed by atoms with van der Waals surface area (Å²) in [4.78, 5) is 23.3. The third kappa shape index (κ3) is 2.58. The minimum atomic E-state index is 0.0156. The van der Waals surface area contributed by atoms with Crippen molar-refractivity contribution in [2.45, 2.75) is 44.9 Å². The van der Waals surface area contributed by atoms with E-state index in [0.717, 1.165) is 19.3 Å². The van der Waals surface area contributed by atoms with Crippen molar-refractivity contribution in [2.75, 3.05) is 6.54 Å². The second kappa shape index (κ2) is 4.77. The molecule has 2 fully saturated rings. The average Bonchev–Trinajstić information content (AvgIpc) is 2.29. The number of Topliss-reactive ketones (excluding diaryl/α,β-unsaturated/α-hetero) is 1. The van der Waals surface area contributed by atoms with Crippen molar-refractivity contribution in [3.05, 3.63) is 0 Å². The Bertz CT molecular complexity index is 256. The van der Waals surface area contributed by atoms with E-state index in [0.29, 0.717) is 18.7 Å². The number of amides is 1. The van der Waals surface area contributed by atoms with Gasteiger partial charge >= 0.3 is 0 Å². The van der Waals surface area contributed by atoms with Crippen molar-refractivity contribution in [3.63, 3.8) is 0 Å². The maximum atomic E-state index is 12.1. The Morgan fingerprint density at radius 1 is 1.07 bits per heavy atom. The van der Waals surface area contributed by atoms with Gasteiger partial charge < -0.3 is 5.32 Å². The van der Waals surface area contributed by atoms with E-state index < -0.39 is 0 Å². The highest BCUT2D eigenvalue weighted by Gasteiger charge is 2.31. The molecule has 1 amide bonds. The van der Waals surface area contributed by atoms with Gasteiger partial charge in [0.15, 0.2) is 0 Å². The Morgan fingerprint density at radius 3 is 2.47 bits per heavy atom. The SMILES string of the molecule is O=C1CC(C(=O)C2CCCCC2)CCN1. The summed E-state index contributed by atoms with van der Waals surface area (Å²) in [6, 6.07) is 0. The zero-order chi connectivity index (χ0) is 10.7. The average molecular weight is 209 g/mol. The fourth-order valence-corrected chi connectivity index (χ4v) is 2.75. The van der Waals surface area contributed by atoms with E-state index in [9.17, 15) is 9.59 Å². The lowest BCUT2D eigenvalue weighted by atomic mass is 9.79. The molecule has 1 saturated heterocycles. The zero-order valence-corrected chi connectivity index (χ0v) is 9.13. The molecule has 3 heteroatoms. The van der Waals surface area contributed by atoms with Crippen molar-refractivity contribution >= 4 is 11.7 Å². The van der Waals surface area contributed by atoms with Gasteiger partial charge in [-0.1, -0.05) is 19.3 Å². The van der Waals surface area contributed by atoms with Gasteiger partial charge in [0.05, 0.1) is 0 Å². The van der Waals surface area contributed by atoms with Crippen molar-refractivity contribution in [3.8, 4) is 0 Å². The van der Waals surface area contributed by atoms with Gasteiger partial charge in [-0.3, -0.25) is 9.59 Å². The lowest BCUT2D eigenvalue weighted by Crippen LogP contribution is -2.38.